The third-order valence-electron chi connectivity index (χ3n) is 2.69. The fourth-order valence-electron chi connectivity index (χ4n) is 1.78. The van der Waals surface area contributed by atoms with Crippen LogP contribution in [0.2, 0.25) is 0 Å². The lowest BCUT2D eigenvalue weighted by Gasteiger charge is -2.16. The van der Waals surface area contributed by atoms with Gasteiger partial charge in [-0.25, -0.2) is 0 Å². The zero-order valence-electron chi connectivity index (χ0n) is 8.59. The lowest BCUT2D eigenvalue weighted by Crippen LogP contribution is -2.27. The average molecular weight is 199 g/mol. The summed E-state index contributed by atoms with van der Waals surface area (Å²) in [6, 6.07) is 0.628. The number of thioether (sulfide) groups is 1. The zero-order valence-corrected chi connectivity index (χ0v) is 9.41. The van der Waals surface area contributed by atoms with Crippen LogP contribution in [0.15, 0.2) is 12.7 Å². The highest BCUT2D eigenvalue weighted by atomic mass is 32.2. The molecule has 13 heavy (non-hydrogen) atoms. The van der Waals surface area contributed by atoms with Gasteiger partial charge in [-0.1, -0.05) is 18.9 Å². The minimum absolute atomic E-state index is 0.628. The molecule has 0 spiro atoms. The third-order valence-corrected chi connectivity index (χ3v) is 4.23. The second-order valence-corrected chi connectivity index (χ2v) is 5.08. The molecular weight excluding hydrogens is 178 g/mol. The van der Waals surface area contributed by atoms with Gasteiger partial charge in [-0.2, -0.15) is 11.8 Å². The Balaban J connectivity index is 2.10. The second kappa shape index (κ2) is 6.50. The fourth-order valence-corrected chi connectivity index (χ4v) is 3.25. The Morgan fingerprint density at radius 3 is 2.77 bits per heavy atom. The molecule has 1 saturated carbocycles. The molecule has 1 atom stereocenters. The van der Waals surface area contributed by atoms with Gasteiger partial charge in [0, 0.05) is 17.0 Å². The molecule has 1 fully saturated rings. The first kappa shape index (κ1) is 11.1. The summed E-state index contributed by atoms with van der Waals surface area (Å²) < 4.78 is 0. The summed E-state index contributed by atoms with van der Waals surface area (Å²) in [6.07, 6.45) is 8.88. The first-order chi connectivity index (χ1) is 6.36. The Hall–Kier alpha value is 0.0500. The fraction of sp³-hybridized carbons (Fsp3) is 0.818. The molecule has 0 amide bonds. The summed E-state index contributed by atoms with van der Waals surface area (Å²) in [5.74, 6) is 1.24. The van der Waals surface area contributed by atoms with Gasteiger partial charge in [0.25, 0.3) is 0 Å². The highest BCUT2D eigenvalue weighted by Gasteiger charge is 2.16. The Bertz CT molecular complexity index is 141. The summed E-state index contributed by atoms with van der Waals surface area (Å²) in [5.41, 5.74) is 0. The van der Waals surface area contributed by atoms with Gasteiger partial charge >= 0.3 is 0 Å². The quantitative estimate of drug-likeness (QED) is 0.660. The highest BCUT2D eigenvalue weighted by Crippen LogP contribution is 2.29. The van der Waals surface area contributed by atoms with Crippen LogP contribution in [0.4, 0.5) is 0 Å². The van der Waals surface area contributed by atoms with Crippen molar-refractivity contribution in [1.82, 2.24) is 5.32 Å². The molecule has 0 aromatic rings. The molecular formula is C11H21NS. The van der Waals surface area contributed by atoms with Crippen LogP contribution in [-0.4, -0.2) is 24.1 Å². The van der Waals surface area contributed by atoms with Crippen molar-refractivity contribution in [3.8, 4) is 0 Å². The number of nitrogens with one attached hydrogen (secondary N) is 1. The highest BCUT2D eigenvalue weighted by molar-refractivity contribution is 7.99. The van der Waals surface area contributed by atoms with Gasteiger partial charge in [-0.05, 0) is 26.3 Å². The van der Waals surface area contributed by atoms with Crippen molar-refractivity contribution < 1.29 is 0 Å². The molecule has 76 valence electrons. The Labute approximate surface area is 86.4 Å². The van der Waals surface area contributed by atoms with Crippen LogP contribution in [0.3, 0.4) is 0 Å². The van der Waals surface area contributed by atoms with E-state index in [-0.39, 0.29) is 0 Å². The lowest BCUT2D eigenvalue weighted by molar-refractivity contribution is 0.627. The van der Waals surface area contributed by atoms with E-state index < -0.39 is 0 Å². The van der Waals surface area contributed by atoms with Crippen LogP contribution in [0.5, 0.6) is 0 Å². The maximum Gasteiger partial charge on any atom is 0.0189 e. The van der Waals surface area contributed by atoms with E-state index in [0.717, 1.165) is 11.7 Å². The van der Waals surface area contributed by atoms with E-state index >= 15 is 0 Å². The average Bonchev–Trinajstić information content (AvgIpc) is 2.64. The number of rotatable bonds is 6. The molecule has 0 aliphatic heterocycles. The Morgan fingerprint density at radius 2 is 2.23 bits per heavy atom. The molecule has 0 aromatic heterocycles. The molecule has 1 aliphatic carbocycles. The van der Waals surface area contributed by atoms with Crippen LogP contribution < -0.4 is 5.32 Å². The minimum Gasteiger partial charge on any atom is -0.316 e. The summed E-state index contributed by atoms with van der Waals surface area (Å²) in [5, 5.41) is 4.28. The van der Waals surface area contributed by atoms with Crippen LogP contribution in [0, 0.1) is 0 Å². The molecule has 0 bridgehead atoms. The molecule has 1 unspecified atom stereocenters. The van der Waals surface area contributed by atoms with E-state index in [1.165, 1.54) is 31.4 Å². The molecule has 0 saturated heterocycles. The van der Waals surface area contributed by atoms with E-state index in [1.807, 2.05) is 13.1 Å². The summed E-state index contributed by atoms with van der Waals surface area (Å²) in [4.78, 5) is 0. The van der Waals surface area contributed by atoms with Crippen molar-refractivity contribution in [2.24, 2.45) is 0 Å². The molecule has 0 radical (unpaired) electrons. The van der Waals surface area contributed by atoms with Crippen molar-refractivity contribution in [3.63, 3.8) is 0 Å². The van der Waals surface area contributed by atoms with Gasteiger partial charge in [0.1, 0.15) is 0 Å². The molecule has 1 rings (SSSR count). The third kappa shape index (κ3) is 4.19. The summed E-state index contributed by atoms with van der Waals surface area (Å²) in [7, 11) is 2.05. The van der Waals surface area contributed by atoms with Crippen LogP contribution in [0.25, 0.3) is 0 Å². The van der Waals surface area contributed by atoms with Gasteiger partial charge in [-0.15, -0.1) is 6.58 Å². The van der Waals surface area contributed by atoms with E-state index in [1.54, 1.807) is 0 Å². The summed E-state index contributed by atoms with van der Waals surface area (Å²) in [6.45, 7) is 3.78. The normalized spacial score (nSPS) is 20.4. The molecule has 0 aromatic carbocycles. The maximum absolute atomic E-state index is 3.78. The second-order valence-electron chi connectivity index (χ2n) is 3.75. The summed E-state index contributed by atoms with van der Waals surface area (Å²) >= 11 is 2.15. The van der Waals surface area contributed by atoms with E-state index in [4.69, 9.17) is 0 Å². The Kier molecular flexibility index (Phi) is 5.56. The molecule has 2 heteroatoms. The van der Waals surface area contributed by atoms with Crippen LogP contribution >= 0.6 is 11.8 Å². The largest absolute Gasteiger partial charge is 0.316 e. The molecule has 1 nitrogen and oxygen atoms in total. The van der Waals surface area contributed by atoms with Crippen LogP contribution in [-0.2, 0) is 0 Å². The predicted molar refractivity (Wildman–Crippen MR) is 62.4 cm³/mol. The molecule has 0 heterocycles. The van der Waals surface area contributed by atoms with Gasteiger partial charge < -0.3 is 5.32 Å². The van der Waals surface area contributed by atoms with Crippen molar-refractivity contribution in [1.29, 1.82) is 0 Å². The van der Waals surface area contributed by atoms with Gasteiger partial charge in [0.2, 0.25) is 0 Å². The lowest BCUT2D eigenvalue weighted by atomic mass is 10.2. The van der Waals surface area contributed by atoms with Gasteiger partial charge in [0.15, 0.2) is 0 Å². The first-order valence-corrected chi connectivity index (χ1v) is 6.31. The van der Waals surface area contributed by atoms with E-state index in [9.17, 15) is 0 Å². The number of hydrogen-bond donors (Lipinski definition) is 1. The minimum atomic E-state index is 0.628. The number of hydrogen-bond acceptors (Lipinski definition) is 2. The van der Waals surface area contributed by atoms with Crippen molar-refractivity contribution >= 4 is 11.8 Å². The predicted octanol–water partition coefficient (Wildman–Crippen LogP) is 2.83. The monoisotopic (exact) mass is 199 g/mol. The topological polar surface area (TPSA) is 12.0 Å². The van der Waals surface area contributed by atoms with Crippen molar-refractivity contribution in [3.05, 3.63) is 12.7 Å². The standard InChI is InChI=1S/C11H21NS/c1-3-6-10(12-2)9-13-11-7-4-5-8-11/h3,10-12H,1,4-9H2,2H3. The van der Waals surface area contributed by atoms with Gasteiger partial charge in [0.05, 0.1) is 0 Å². The van der Waals surface area contributed by atoms with Gasteiger partial charge in [-0.3, -0.25) is 0 Å². The van der Waals surface area contributed by atoms with E-state index in [0.29, 0.717) is 6.04 Å². The zero-order chi connectivity index (χ0) is 9.52. The molecule has 1 N–H and O–H groups in total. The van der Waals surface area contributed by atoms with E-state index in [2.05, 4.69) is 23.7 Å². The maximum atomic E-state index is 3.78. The SMILES string of the molecule is C=CCC(CSC1CCCC1)NC. The van der Waals surface area contributed by atoms with Crippen molar-refractivity contribution in [2.45, 2.75) is 43.4 Å². The molecule has 1 aliphatic rings. The first-order valence-electron chi connectivity index (χ1n) is 5.26. The van der Waals surface area contributed by atoms with Crippen LogP contribution in [0.1, 0.15) is 32.1 Å². The van der Waals surface area contributed by atoms with Crippen molar-refractivity contribution in [2.75, 3.05) is 12.8 Å². The smallest absolute Gasteiger partial charge is 0.0189 e. The Morgan fingerprint density at radius 1 is 1.54 bits per heavy atom.